The molecule has 1 aliphatic rings. The molecule has 1 aliphatic heterocycles. The highest BCUT2D eigenvalue weighted by atomic mass is 127. The van der Waals surface area contributed by atoms with Crippen LogP contribution in [0.25, 0.3) is 0 Å². The molecule has 2 heterocycles. The average Bonchev–Trinajstić information content (AvgIpc) is 2.55. The number of oxazole rings is 1. The molecule has 0 radical (unpaired) electrons. The summed E-state index contributed by atoms with van der Waals surface area (Å²) in [5.74, 6) is 0. The summed E-state index contributed by atoms with van der Waals surface area (Å²) >= 11 is 2.05. The third-order valence-corrected chi connectivity index (χ3v) is 2.25. The van der Waals surface area contributed by atoms with Crippen LogP contribution in [0, 0.1) is 3.90 Å². The normalized spacial score (nSPS) is 24.3. The quantitative estimate of drug-likeness (QED) is 0.729. The first-order chi connectivity index (χ1) is 5.36. The van der Waals surface area contributed by atoms with Gasteiger partial charge in [0.2, 0.25) is 0 Å². The lowest BCUT2D eigenvalue weighted by Gasteiger charge is -2.02. The van der Waals surface area contributed by atoms with Crippen LogP contribution in [0.5, 0.6) is 0 Å². The molecular formula is C7H8INO2. The molecule has 0 bridgehead atoms. The molecule has 0 saturated carbocycles. The van der Waals surface area contributed by atoms with Gasteiger partial charge in [-0.1, -0.05) is 0 Å². The minimum absolute atomic E-state index is 0.183. The van der Waals surface area contributed by atoms with Gasteiger partial charge in [-0.05, 0) is 12.8 Å². The molecule has 11 heavy (non-hydrogen) atoms. The van der Waals surface area contributed by atoms with Crippen molar-refractivity contribution in [3.63, 3.8) is 0 Å². The molecule has 4 heteroatoms. The highest BCUT2D eigenvalue weighted by Gasteiger charge is 2.20. The minimum Gasteiger partial charge on any atom is -0.440 e. The van der Waals surface area contributed by atoms with Crippen LogP contribution in [-0.4, -0.2) is 11.6 Å². The van der Waals surface area contributed by atoms with Gasteiger partial charge in [-0.2, -0.15) is 0 Å². The van der Waals surface area contributed by atoms with Crippen molar-refractivity contribution in [1.82, 2.24) is 4.98 Å². The van der Waals surface area contributed by atoms with Gasteiger partial charge in [-0.25, -0.2) is 4.98 Å². The second kappa shape index (κ2) is 3.10. The highest BCUT2D eigenvalue weighted by Crippen LogP contribution is 2.27. The fourth-order valence-corrected chi connectivity index (χ4v) is 1.63. The Morgan fingerprint density at radius 2 is 2.55 bits per heavy atom. The summed E-state index contributed by atoms with van der Waals surface area (Å²) < 4.78 is 11.2. The van der Waals surface area contributed by atoms with Gasteiger partial charge in [0.25, 0.3) is 3.90 Å². The van der Waals surface area contributed by atoms with Gasteiger partial charge in [0, 0.05) is 29.2 Å². The molecular weight excluding hydrogens is 257 g/mol. The van der Waals surface area contributed by atoms with E-state index in [1.54, 1.807) is 6.26 Å². The summed E-state index contributed by atoms with van der Waals surface area (Å²) in [6.45, 7) is 0.855. The van der Waals surface area contributed by atoms with Crippen LogP contribution in [0.2, 0.25) is 0 Å². The number of hydrogen-bond acceptors (Lipinski definition) is 3. The van der Waals surface area contributed by atoms with Crippen molar-refractivity contribution in [2.75, 3.05) is 6.61 Å². The molecule has 0 aromatic carbocycles. The van der Waals surface area contributed by atoms with Gasteiger partial charge in [0.1, 0.15) is 18.1 Å². The van der Waals surface area contributed by atoms with Crippen molar-refractivity contribution < 1.29 is 9.15 Å². The highest BCUT2D eigenvalue weighted by molar-refractivity contribution is 14.1. The first-order valence-corrected chi connectivity index (χ1v) is 4.66. The maximum absolute atomic E-state index is 5.43. The molecule has 1 fully saturated rings. The Labute approximate surface area is 78.3 Å². The molecule has 60 valence electrons. The van der Waals surface area contributed by atoms with Gasteiger partial charge < -0.3 is 9.15 Å². The first-order valence-electron chi connectivity index (χ1n) is 3.59. The molecule has 1 atom stereocenters. The van der Waals surface area contributed by atoms with Crippen LogP contribution in [0.4, 0.5) is 0 Å². The molecule has 1 aromatic rings. The number of hydrogen-bond donors (Lipinski definition) is 0. The van der Waals surface area contributed by atoms with Crippen LogP contribution in [0.1, 0.15) is 24.6 Å². The lowest BCUT2D eigenvalue weighted by molar-refractivity contribution is 0.108. The van der Waals surface area contributed by atoms with Crippen LogP contribution < -0.4 is 0 Å². The van der Waals surface area contributed by atoms with E-state index >= 15 is 0 Å². The third-order valence-electron chi connectivity index (χ3n) is 1.75. The maximum Gasteiger partial charge on any atom is 0.257 e. The maximum atomic E-state index is 5.43. The molecule has 1 aromatic heterocycles. The Balaban J connectivity index is 2.15. The smallest absolute Gasteiger partial charge is 0.257 e. The zero-order chi connectivity index (χ0) is 7.68. The van der Waals surface area contributed by atoms with Crippen molar-refractivity contribution in [2.45, 2.75) is 18.9 Å². The zero-order valence-corrected chi connectivity index (χ0v) is 8.08. The summed E-state index contributed by atoms with van der Waals surface area (Å²) in [5.41, 5.74) is 0.937. The van der Waals surface area contributed by atoms with Gasteiger partial charge in [0.05, 0.1) is 0 Å². The number of aromatic nitrogens is 1. The summed E-state index contributed by atoms with van der Waals surface area (Å²) in [4.78, 5) is 4.19. The van der Waals surface area contributed by atoms with Gasteiger partial charge in [0.15, 0.2) is 0 Å². The molecule has 1 unspecified atom stereocenters. The van der Waals surface area contributed by atoms with E-state index in [4.69, 9.17) is 9.15 Å². The largest absolute Gasteiger partial charge is 0.440 e. The monoisotopic (exact) mass is 265 g/mol. The Kier molecular flexibility index (Phi) is 2.13. The van der Waals surface area contributed by atoms with Gasteiger partial charge in [-0.15, -0.1) is 0 Å². The van der Waals surface area contributed by atoms with Crippen LogP contribution in [0.15, 0.2) is 10.7 Å². The zero-order valence-electron chi connectivity index (χ0n) is 5.92. The van der Waals surface area contributed by atoms with Crippen LogP contribution >= 0.6 is 22.6 Å². The predicted molar refractivity (Wildman–Crippen MR) is 47.1 cm³/mol. The van der Waals surface area contributed by atoms with Crippen molar-refractivity contribution in [2.24, 2.45) is 0 Å². The molecule has 0 spiro atoms. The summed E-state index contributed by atoms with van der Waals surface area (Å²) in [7, 11) is 0. The molecule has 0 amide bonds. The average molecular weight is 265 g/mol. The van der Waals surface area contributed by atoms with Crippen molar-refractivity contribution >= 4 is 22.6 Å². The van der Waals surface area contributed by atoms with Crippen molar-refractivity contribution in [1.29, 1.82) is 0 Å². The van der Waals surface area contributed by atoms with E-state index in [1.807, 2.05) is 0 Å². The SMILES string of the molecule is Ic1nc(C2CCCO2)co1. The Morgan fingerprint density at radius 1 is 1.64 bits per heavy atom. The van der Waals surface area contributed by atoms with Crippen LogP contribution in [0.3, 0.4) is 0 Å². The lowest BCUT2D eigenvalue weighted by atomic mass is 10.2. The second-order valence-corrected chi connectivity index (χ2v) is 3.45. The van der Waals surface area contributed by atoms with Crippen LogP contribution in [-0.2, 0) is 4.74 Å². The molecule has 2 rings (SSSR count). The third kappa shape index (κ3) is 1.56. The fourth-order valence-electron chi connectivity index (χ4n) is 1.22. The standard InChI is InChI=1S/C7H8INO2/c8-7-9-5(4-11-7)6-2-1-3-10-6/h4,6H,1-3H2. The van der Waals surface area contributed by atoms with E-state index < -0.39 is 0 Å². The molecule has 3 nitrogen and oxygen atoms in total. The number of halogens is 1. The summed E-state index contributed by atoms with van der Waals surface area (Å²) in [5, 5.41) is 0. The lowest BCUT2D eigenvalue weighted by Crippen LogP contribution is -1.95. The van der Waals surface area contributed by atoms with Crippen molar-refractivity contribution in [3.05, 3.63) is 15.9 Å². The number of nitrogens with zero attached hydrogens (tertiary/aromatic N) is 1. The summed E-state index contributed by atoms with van der Waals surface area (Å²) in [6.07, 6.45) is 4.07. The second-order valence-electron chi connectivity index (χ2n) is 2.53. The van der Waals surface area contributed by atoms with E-state index in [-0.39, 0.29) is 6.10 Å². The van der Waals surface area contributed by atoms with E-state index in [0.29, 0.717) is 3.90 Å². The topological polar surface area (TPSA) is 35.3 Å². The Hall–Kier alpha value is -0.100. The molecule has 0 aliphatic carbocycles. The molecule has 0 N–H and O–H groups in total. The molecule has 1 saturated heterocycles. The van der Waals surface area contributed by atoms with E-state index in [1.165, 1.54) is 0 Å². The number of rotatable bonds is 1. The Morgan fingerprint density at radius 3 is 3.09 bits per heavy atom. The first kappa shape index (κ1) is 7.54. The minimum atomic E-state index is 0.183. The van der Waals surface area contributed by atoms with Gasteiger partial charge >= 0.3 is 0 Å². The van der Waals surface area contributed by atoms with Crippen molar-refractivity contribution in [3.8, 4) is 0 Å². The van der Waals surface area contributed by atoms with E-state index in [9.17, 15) is 0 Å². The Bertz CT molecular complexity index is 242. The van der Waals surface area contributed by atoms with E-state index in [2.05, 4.69) is 27.6 Å². The predicted octanol–water partition coefficient (Wildman–Crippen LogP) is 2.13. The summed E-state index contributed by atoms with van der Waals surface area (Å²) in [6, 6.07) is 0. The number of ether oxygens (including phenoxy) is 1. The fraction of sp³-hybridized carbons (Fsp3) is 0.571. The van der Waals surface area contributed by atoms with E-state index in [0.717, 1.165) is 25.1 Å². The van der Waals surface area contributed by atoms with Gasteiger partial charge in [-0.3, -0.25) is 0 Å².